The Balaban J connectivity index is 2.49. The van der Waals surface area contributed by atoms with Crippen LogP contribution in [0.5, 0.6) is 0 Å². The van der Waals surface area contributed by atoms with Gasteiger partial charge in [-0.15, -0.1) is 0 Å². The molecular weight excluding hydrogens is 739 g/mol. The van der Waals surface area contributed by atoms with Gasteiger partial charge in [-0.25, -0.2) is 4.57 Å². The van der Waals surface area contributed by atoms with Crippen molar-refractivity contribution in [3.8, 4) is 0 Å². The predicted molar refractivity (Wildman–Crippen MR) is 221 cm³/mol. The molecular formula is C43H75O12P. The molecule has 0 aromatic carbocycles. The van der Waals surface area contributed by atoms with Gasteiger partial charge in [-0.05, 0) is 64.2 Å². The number of ether oxygens (including phenoxy) is 2. The maximum Gasteiger partial charge on any atom is 0.472 e. The Bertz CT molecular complexity index is 1160. The zero-order valence-electron chi connectivity index (χ0n) is 34.2. The number of aliphatic hydroxyl groups is 5. The summed E-state index contributed by atoms with van der Waals surface area (Å²) in [7, 11) is -5.03. The van der Waals surface area contributed by atoms with Crippen LogP contribution >= 0.6 is 7.82 Å². The normalized spacial score (nSPS) is 23.6. The Hall–Kier alpha value is -1.96. The fourth-order valence-corrected chi connectivity index (χ4v) is 6.98. The first-order valence-corrected chi connectivity index (χ1v) is 22.6. The van der Waals surface area contributed by atoms with E-state index in [0.29, 0.717) is 13.0 Å². The molecule has 1 aliphatic rings. The average Bonchev–Trinajstić information content (AvgIpc) is 3.18. The van der Waals surface area contributed by atoms with E-state index in [4.69, 9.17) is 18.5 Å². The van der Waals surface area contributed by atoms with E-state index in [2.05, 4.69) is 56.4 Å². The molecule has 0 bridgehead atoms. The minimum atomic E-state index is -5.03. The van der Waals surface area contributed by atoms with E-state index < -0.39 is 63.1 Å². The highest BCUT2D eigenvalue weighted by Gasteiger charge is 2.51. The third-order valence-corrected chi connectivity index (χ3v) is 10.4. The highest BCUT2D eigenvalue weighted by atomic mass is 31.2. The molecule has 6 atom stereocenters. The lowest BCUT2D eigenvalue weighted by Gasteiger charge is -2.41. The SMILES string of the molecule is CC/C=C\C/C=C\C/C=C\C/C=C\CCC(=O)OC(COCCCCCCCC/C=C\CCCCCCCC)COP(=O)(O)OC1C(O)C(O)C(O)C(O)C1O. The number of allylic oxidation sites excluding steroid dienone is 10. The number of rotatable bonds is 34. The van der Waals surface area contributed by atoms with Gasteiger partial charge in [0.05, 0.1) is 13.2 Å². The van der Waals surface area contributed by atoms with E-state index in [1.165, 1.54) is 57.8 Å². The molecule has 0 aliphatic heterocycles. The van der Waals surface area contributed by atoms with Crippen LogP contribution in [0, 0.1) is 0 Å². The molecule has 0 spiro atoms. The van der Waals surface area contributed by atoms with Gasteiger partial charge in [-0.2, -0.15) is 0 Å². The lowest BCUT2D eigenvalue weighted by Crippen LogP contribution is -2.64. The van der Waals surface area contributed by atoms with E-state index in [-0.39, 0.29) is 13.0 Å². The molecule has 0 radical (unpaired) electrons. The van der Waals surface area contributed by atoms with Crippen molar-refractivity contribution in [1.29, 1.82) is 0 Å². The van der Waals surface area contributed by atoms with Crippen LogP contribution in [0.3, 0.4) is 0 Å². The number of carbonyl (C=O) groups excluding carboxylic acids is 1. The van der Waals surface area contributed by atoms with Gasteiger partial charge in [0.1, 0.15) is 42.7 Å². The molecule has 1 saturated carbocycles. The van der Waals surface area contributed by atoms with Crippen LogP contribution in [0.1, 0.15) is 142 Å². The molecule has 1 rings (SSSR count). The van der Waals surface area contributed by atoms with Crippen molar-refractivity contribution in [2.75, 3.05) is 19.8 Å². The second kappa shape index (κ2) is 34.0. The summed E-state index contributed by atoms with van der Waals surface area (Å²) in [6, 6.07) is 0. The first-order chi connectivity index (χ1) is 27.0. The van der Waals surface area contributed by atoms with Gasteiger partial charge in [-0.1, -0.05) is 132 Å². The van der Waals surface area contributed by atoms with E-state index in [0.717, 1.165) is 57.8 Å². The Kier molecular flexibility index (Phi) is 31.6. The van der Waals surface area contributed by atoms with Crippen LogP contribution in [-0.4, -0.2) is 98.9 Å². The number of phosphoric ester groups is 1. The summed E-state index contributed by atoms with van der Waals surface area (Å²) in [4.78, 5) is 23.0. The number of phosphoric acid groups is 1. The van der Waals surface area contributed by atoms with Crippen LogP contribution in [0.25, 0.3) is 0 Å². The van der Waals surface area contributed by atoms with Gasteiger partial charge in [0.15, 0.2) is 0 Å². The molecule has 6 N–H and O–H groups in total. The van der Waals surface area contributed by atoms with Crippen LogP contribution in [0.15, 0.2) is 60.8 Å². The highest BCUT2D eigenvalue weighted by Crippen LogP contribution is 2.47. The van der Waals surface area contributed by atoms with Crippen LogP contribution in [0.2, 0.25) is 0 Å². The third-order valence-electron chi connectivity index (χ3n) is 9.39. The largest absolute Gasteiger partial charge is 0.472 e. The molecule has 0 amide bonds. The molecule has 13 heteroatoms. The molecule has 0 aromatic rings. The maximum atomic E-state index is 12.8. The molecule has 324 valence electrons. The van der Waals surface area contributed by atoms with E-state index in [1.54, 1.807) is 0 Å². The van der Waals surface area contributed by atoms with Crippen molar-refractivity contribution in [1.82, 2.24) is 0 Å². The molecule has 0 heterocycles. The van der Waals surface area contributed by atoms with Crippen molar-refractivity contribution in [3.05, 3.63) is 60.8 Å². The first-order valence-electron chi connectivity index (χ1n) is 21.1. The van der Waals surface area contributed by atoms with Gasteiger partial charge < -0.3 is 39.9 Å². The van der Waals surface area contributed by atoms with Crippen molar-refractivity contribution in [3.63, 3.8) is 0 Å². The Morgan fingerprint density at radius 3 is 1.61 bits per heavy atom. The van der Waals surface area contributed by atoms with E-state index >= 15 is 0 Å². The Labute approximate surface area is 337 Å². The highest BCUT2D eigenvalue weighted by molar-refractivity contribution is 7.47. The molecule has 1 fully saturated rings. The van der Waals surface area contributed by atoms with Crippen LogP contribution in [-0.2, 0) is 27.9 Å². The lowest BCUT2D eigenvalue weighted by molar-refractivity contribution is -0.220. The summed E-state index contributed by atoms with van der Waals surface area (Å²) in [5.41, 5.74) is 0. The quantitative estimate of drug-likeness (QED) is 0.0160. The smallest absolute Gasteiger partial charge is 0.457 e. The predicted octanol–water partition coefficient (Wildman–Crippen LogP) is 7.86. The van der Waals surface area contributed by atoms with Crippen LogP contribution < -0.4 is 0 Å². The van der Waals surface area contributed by atoms with Gasteiger partial charge >= 0.3 is 13.8 Å². The average molecular weight is 815 g/mol. The third kappa shape index (κ3) is 26.1. The van der Waals surface area contributed by atoms with Crippen molar-refractivity contribution in [2.45, 2.75) is 185 Å². The lowest BCUT2D eigenvalue weighted by atomic mass is 9.85. The second-order valence-corrected chi connectivity index (χ2v) is 15.9. The van der Waals surface area contributed by atoms with E-state index in [1.807, 2.05) is 18.2 Å². The number of esters is 1. The van der Waals surface area contributed by atoms with Gasteiger partial charge in [0, 0.05) is 13.0 Å². The monoisotopic (exact) mass is 814 g/mol. The summed E-state index contributed by atoms with van der Waals surface area (Å²) < 4.78 is 34.0. The first kappa shape index (κ1) is 52.1. The number of hydrogen-bond acceptors (Lipinski definition) is 11. The zero-order chi connectivity index (χ0) is 41.3. The minimum absolute atomic E-state index is 0.0610. The summed E-state index contributed by atoms with van der Waals surface area (Å²) in [5, 5.41) is 50.0. The van der Waals surface area contributed by atoms with Crippen molar-refractivity contribution < 1.29 is 58.3 Å². The Morgan fingerprint density at radius 1 is 0.589 bits per heavy atom. The number of aliphatic hydroxyl groups excluding tert-OH is 5. The van der Waals surface area contributed by atoms with Crippen LogP contribution in [0.4, 0.5) is 0 Å². The Morgan fingerprint density at radius 2 is 1.05 bits per heavy atom. The number of unbranched alkanes of at least 4 members (excludes halogenated alkanes) is 12. The second-order valence-electron chi connectivity index (χ2n) is 14.5. The van der Waals surface area contributed by atoms with E-state index in [9.17, 15) is 39.8 Å². The van der Waals surface area contributed by atoms with Gasteiger partial charge in [0.25, 0.3) is 0 Å². The standard InChI is InChI=1S/C43H75O12P/c1-3-5-7-9-11-13-15-17-18-19-21-23-25-27-29-31-33-52-34-36(35-53-56(50,51)55-43-41(48)39(46)38(45)40(47)42(43)49)54-37(44)32-30-28-26-24-22-20-16-14-12-10-8-6-4-2/h6,8,12,14,17-18,20,22,26,28,36,38-43,45-49H,3-5,7,9-11,13,15-16,19,21,23-25,27,29-35H2,1-2H3,(H,50,51)/b8-6-,14-12-,18-17-,22-20-,28-26-. The van der Waals surface area contributed by atoms with Crippen molar-refractivity contribution >= 4 is 13.8 Å². The number of carbonyl (C=O) groups is 1. The molecule has 0 saturated heterocycles. The van der Waals surface area contributed by atoms with Crippen molar-refractivity contribution in [2.24, 2.45) is 0 Å². The molecule has 12 nitrogen and oxygen atoms in total. The molecule has 56 heavy (non-hydrogen) atoms. The summed E-state index contributed by atoms with van der Waals surface area (Å²) in [5.74, 6) is -0.561. The maximum absolute atomic E-state index is 12.8. The summed E-state index contributed by atoms with van der Waals surface area (Å²) >= 11 is 0. The fraction of sp³-hybridized carbons (Fsp3) is 0.744. The summed E-state index contributed by atoms with van der Waals surface area (Å²) in [6.45, 7) is 4.02. The molecule has 0 aromatic heterocycles. The zero-order valence-corrected chi connectivity index (χ0v) is 35.1. The molecule has 1 aliphatic carbocycles. The topological polar surface area (TPSA) is 192 Å². The number of hydrogen-bond donors (Lipinski definition) is 6. The van der Waals surface area contributed by atoms with Gasteiger partial charge in [-0.3, -0.25) is 13.8 Å². The van der Waals surface area contributed by atoms with Gasteiger partial charge in [0.2, 0.25) is 0 Å². The summed E-state index contributed by atoms with van der Waals surface area (Å²) in [6.07, 6.45) is 28.9. The minimum Gasteiger partial charge on any atom is -0.457 e. The molecule has 6 unspecified atom stereocenters. The fourth-order valence-electron chi connectivity index (χ4n) is 6.01.